The standard InChI is InChI=1S/C27H20N2O3S/c1-17-7-9-20(10-8-17)26(31)28-27-29-16-15-18-5-3-4-6-22(18)23(29)25(33-27)24(30)19-11-13-21(32-2)14-12-19/h3-16H,1-2H3. The van der Waals surface area contributed by atoms with Crippen LogP contribution < -0.4 is 9.54 Å². The van der Waals surface area contributed by atoms with Crippen molar-refractivity contribution in [1.82, 2.24) is 4.40 Å². The average Bonchev–Trinajstić information content (AvgIpc) is 3.22. The minimum absolute atomic E-state index is 0.124. The van der Waals surface area contributed by atoms with E-state index in [1.807, 2.05) is 60.0 Å². The van der Waals surface area contributed by atoms with Crippen LogP contribution in [0.2, 0.25) is 0 Å². The van der Waals surface area contributed by atoms with Crippen molar-refractivity contribution in [2.45, 2.75) is 6.92 Å². The number of hydrogen-bond donors (Lipinski definition) is 0. The number of ketones is 1. The fraction of sp³-hybridized carbons (Fsp3) is 0.0741. The Morgan fingerprint density at radius 2 is 1.58 bits per heavy atom. The maximum absolute atomic E-state index is 13.5. The van der Waals surface area contributed by atoms with E-state index in [1.54, 1.807) is 43.5 Å². The lowest BCUT2D eigenvalue weighted by Gasteiger charge is -2.05. The number of nitrogens with zero attached hydrogens (tertiary/aromatic N) is 2. The van der Waals surface area contributed by atoms with Gasteiger partial charge in [0.25, 0.3) is 5.91 Å². The first-order valence-electron chi connectivity index (χ1n) is 10.4. The molecule has 0 unspecified atom stereocenters. The number of pyridine rings is 1. The summed E-state index contributed by atoms with van der Waals surface area (Å²) in [6.07, 6.45) is 1.86. The predicted molar refractivity (Wildman–Crippen MR) is 130 cm³/mol. The first-order chi connectivity index (χ1) is 16.0. The molecule has 6 heteroatoms. The quantitative estimate of drug-likeness (QED) is 0.341. The lowest BCUT2D eigenvalue weighted by atomic mass is 10.1. The van der Waals surface area contributed by atoms with Crippen molar-refractivity contribution in [3.05, 3.63) is 111 Å². The molecule has 1 amide bonds. The molecule has 162 valence electrons. The summed E-state index contributed by atoms with van der Waals surface area (Å²) >= 11 is 1.22. The zero-order chi connectivity index (χ0) is 22.9. The lowest BCUT2D eigenvalue weighted by molar-refractivity contribution is 0.0996. The van der Waals surface area contributed by atoms with Gasteiger partial charge < -0.3 is 4.74 Å². The van der Waals surface area contributed by atoms with E-state index in [0.717, 1.165) is 21.9 Å². The molecule has 0 aliphatic rings. The highest BCUT2D eigenvalue weighted by Gasteiger charge is 2.19. The summed E-state index contributed by atoms with van der Waals surface area (Å²) in [5.74, 6) is 0.213. The second-order valence-electron chi connectivity index (χ2n) is 7.68. The molecule has 5 rings (SSSR count). The molecule has 0 radical (unpaired) electrons. The van der Waals surface area contributed by atoms with E-state index in [4.69, 9.17) is 4.74 Å². The number of amides is 1. The normalized spacial score (nSPS) is 11.8. The van der Waals surface area contributed by atoms with E-state index in [9.17, 15) is 9.59 Å². The highest BCUT2D eigenvalue weighted by molar-refractivity contribution is 7.12. The van der Waals surface area contributed by atoms with Crippen LogP contribution in [0.15, 0.2) is 90.1 Å². The maximum Gasteiger partial charge on any atom is 0.279 e. The number of aryl methyl sites for hydroxylation is 1. The van der Waals surface area contributed by atoms with Crippen molar-refractivity contribution >= 4 is 39.3 Å². The van der Waals surface area contributed by atoms with E-state index in [0.29, 0.717) is 26.6 Å². The third-order valence-corrected chi connectivity index (χ3v) is 6.58. The van der Waals surface area contributed by atoms with Crippen molar-refractivity contribution in [2.75, 3.05) is 7.11 Å². The fourth-order valence-corrected chi connectivity index (χ4v) is 4.83. The van der Waals surface area contributed by atoms with E-state index >= 15 is 0 Å². The molecule has 33 heavy (non-hydrogen) atoms. The summed E-state index contributed by atoms with van der Waals surface area (Å²) < 4.78 is 7.04. The Morgan fingerprint density at radius 1 is 0.879 bits per heavy atom. The topological polar surface area (TPSA) is 60.1 Å². The van der Waals surface area contributed by atoms with Gasteiger partial charge in [0, 0.05) is 22.7 Å². The van der Waals surface area contributed by atoms with Crippen LogP contribution in [0.25, 0.3) is 16.3 Å². The molecule has 0 aliphatic heterocycles. The molecule has 2 aromatic heterocycles. The third kappa shape index (κ3) is 3.85. The number of aromatic nitrogens is 1. The van der Waals surface area contributed by atoms with Crippen LogP contribution in [0.5, 0.6) is 5.75 Å². The molecular weight excluding hydrogens is 432 g/mol. The molecule has 0 atom stereocenters. The van der Waals surface area contributed by atoms with Gasteiger partial charge in [0.2, 0.25) is 5.78 Å². The number of carbonyl (C=O) groups excluding carboxylic acids is 2. The van der Waals surface area contributed by atoms with E-state index in [1.165, 1.54) is 11.3 Å². The summed E-state index contributed by atoms with van der Waals surface area (Å²) in [5.41, 5.74) is 2.87. The van der Waals surface area contributed by atoms with Gasteiger partial charge in [-0.1, -0.05) is 53.3 Å². The Morgan fingerprint density at radius 3 is 2.30 bits per heavy atom. The molecule has 0 fully saturated rings. The molecule has 0 saturated carbocycles. The van der Waals surface area contributed by atoms with Crippen molar-refractivity contribution in [3.63, 3.8) is 0 Å². The lowest BCUT2D eigenvalue weighted by Crippen LogP contribution is -2.10. The number of carbonyl (C=O) groups is 2. The largest absolute Gasteiger partial charge is 0.497 e. The minimum Gasteiger partial charge on any atom is -0.497 e. The van der Waals surface area contributed by atoms with Crippen LogP contribution in [-0.4, -0.2) is 23.2 Å². The predicted octanol–water partition coefficient (Wildman–Crippen LogP) is 5.44. The molecule has 0 spiro atoms. The Kier molecular flexibility index (Phi) is 5.36. The van der Waals surface area contributed by atoms with Crippen LogP contribution in [-0.2, 0) is 0 Å². The first kappa shape index (κ1) is 20.8. The Labute approximate surface area is 194 Å². The number of thiazole rings is 1. The second kappa shape index (κ2) is 8.48. The fourth-order valence-electron chi connectivity index (χ4n) is 3.75. The number of ether oxygens (including phenoxy) is 1. The van der Waals surface area contributed by atoms with Gasteiger partial charge in [-0.2, -0.15) is 4.99 Å². The Hall–Kier alpha value is -4.03. The Bertz CT molecular complexity index is 1580. The van der Waals surface area contributed by atoms with Gasteiger partial charge in [-0.3, -0.25) is 14.0 Å². The highest BCUT2D eigenvalue weighted by atomic mass is 32.1. The molecule has 0 saturated heterocycles. The van der Waals surface area contributed by atoms with Crippen LogP contribution in [0.3, 0.4) is 0 Å². The smallest absolute Gasteiger partial charge is 0.279 e. The summed E-state index contributed by atoms with van der Waals surface area (Å²) in [6.45, 7) is 1.97. The number of rotatable bonds is 4. The van der Waals surface area contributed by atoms with Crippen LogP contribution in [0, 0.1) is 6.92 Å². The Balaban J connectivity index is 1.73. The summed E-state index contributed by atoms with van der Waals surface area (Å²) in [4.78, 5) is 31.8. The van der Waals surface area contributed by atoms with Crippen molar-refractivity contribution in [3.8, 4) is 5.75 Å². The first-order valence-corrected chi connectivity index (χ1v) is 11.2. The van der Waals surface area contributed by atoms with Crippen molar-refractivity contribution < 1.29 is 14.3 Å². The maximum atomic E-state index is 13.5. The average molecular weight is 453 g/mol. The van der Waals surface area contributed by atoms with Crippen LogP contribution in [0.1, 0.15) is 31.2 Å². The summed E-state index contributed by atoms with van der Waals surface area (Å²) in [7, 11) is 1.59. The van der Waals surface area contributed by atoms with Gasteiger partial charge >= 0.3 is 0 Å². The third-order valence-electron chi connectivity index (χ3n) is 5.53. The number of hydrogen-bond acceptors (Lipinski definition) is 4. The van der Waals surface area contributed by atoms with E-state index in [2.05, 4.69) is 4.99 Å². The van der Waals surface area contributed by atoms with Crippen LogP contribution >= 0.6 is 11.3 Å². The van der Waals surface area contributed by atoms with Gasteiger partial charge in [-0.25, -0.2) is 0 Å². The zero-order valence-electron chi connectivity index (χ0n) is 18.1. The van der Waals surface area contributed by atoms with Gasteiger partial charge in [0.05, 0.1) is 12.6 Å². The molecule has 0 bridgehead atoms. The SMILES string of the molecule is COc1ccc(C(=O)c2sc(=NC(=O)c3ccc(C)cc3)n3ccc4ccccc4c23)cc1. The van der Waals surface area contributed by atoms with Crippen molar-refractivity contribution in [2.24, 2.45) is 4.99 Å². The van der Waals surface area contributed by atoms with E-state index < -0.39 is 0 Å². The monoisotopic (exact) mass is 452 g/mol. The van der Waals surface area contributed by atoms with E-state index in [-0.39, 0.29) is 11.7 Å². The summed E-state index contributed by atoms with van der Waals surface area (Å²) in [5, 5.41) is 1.94. The summed E-state index contributed by atoms with van der Waals surface area (Å²) in [6, 6.07) is 24.2. The molecule has 5 aromatic rings. The van der Waals surface area contributed by atoms with Gasteiger partial charge in [0.15, 0.2) is 4.80 Å². The zero-order valence-corrected chi connectivity index (χ0v) is 18.9. The molecule has 5 nitrogen and oxygen atoms in total. The number of fused-ring (bicyclic) bond motifs is 3. The second-order valence-corrected chi connectivity index (χ2v) is 8.65. The van der Waals surface area contributed by atoms with Crippen molar-refractivity contribution in [1.29, 1.82) is 0 Å². The number of methoxy groups -OCH3 is 1. The molecule has 3 aromatic carbocycles. The van der Waals surface area contributed by atoms with Crippen LogP contribution in [0.4, 0.5) is 0 Å². The highest BCUT2D eigenvalue weighted by Crippen LogP contribution is 2.27. The van der Waals surface area contributed by atoms with Gasteiger partial charge in [-0.15, -0.1) is 0 Å². The molecule has 2 heterocycles. The minimum atomic E-state index is -0.345. The molecule has 0 N–H and O–H groups in total. The van der Waals surface area contributed by atoms with Gasteiger partial charge in [0.1, 0.15) is 10.6 Å². The molecule has 0 aliphatic carbocycles. The van der Waals surface area contributed by atoms with Gasteiger partial charge in [-0.05, 0) is 54.8 Å². The molecular formula is C27H20N2O3S. The number of benzene rings is 3.